The van der Waals surface area contributed by atoms with E-state index in [1.165, 1.54) is 6.39 Å². The van der Waals surface area contributed by atoms with Gasteiger partial charge in [-0.15, -0.1) is 10.2 Å². The van der Waals surface area contributed by atoms with Gasteiger partial charge >= 0.3 is 5.92 Å². The zero-order valence-corrected chi connectivity index (χ0v) is 20.2. The summed E-state index contributed by atoms with van der Waals surface area (Å²) in [6, 6.07) is 3.79. The van der Waals surface area contributed by atoms with Crippen LogP contribution in [-0.4, -0.2) is 55.0 Å². The number of alkyl halides is 2. The fourth-order valence-corrected chi connectivity index (χ4v) is 5.05. The van der Waals surface area contributed by atoms with Gasteiger partial charge in [0.2, 0.25) is 5.82 Å². The molecular formula is C23H26F2N6O2S. The van der Waals surface area contributed by atoms with E-state index in [9.17, 15) is 8.78 Å². The minimum absolute atomic E-state index is 0.434. The molecule has 8 nitrogen and oxygen atoms in total. The first-order valence-corrected chi connectivity index (χ1v) is 12.2. The average Bonchev–Trinajstić information content (AvgIpc) is 3.46. The molecule has 0 atom stereocenters. The summed E-state index contributed by atoms with van der Waals surface area (Å²) in [5.41, 5.74) is 4.05. The second-order valence-electron chi connectivity index (χ2n) is 8.67. The lowest BCUT2D eigenvalue weighted by Gasteiger charge is -2.19. The number of benzene rings is 1. The summed E-state index contributed by atoms with van der Waals surface area (Å²) in [7, 11) is 1.93. The third-order valence-electron chi connectivity index (χ3n) is 6.11. The highest BCUT2D eigenvalue weighted by Crippen LogP contribution is 2.31. The minimum Gasteiger partial charge on any atom is -0.440 e. The van der Waals surface area contributed by atoms with Gasteiger partial charge in [-0.25, -0.2) is 9.97 Å². The maximum atomic E-state index is 13.6. The highest BCUT2D eigenvalue weighted by atomic mass is 32.2. The van der Waals surface area contributed by atoms with Crippen molar-refractivity contribution in [2.75, 3.05) is 25.4 Å². The number of aryl methyl sites for hydroxylation is 1. The molecule has 1 aliphatic rings. The van der Waals surface area contributed by atoms with Crippen molar-refractivity contribution in [2.45, 2.75) is 44.2 Å². The van der Waals surface area contributed by atoms with Crippen molar-refractivity contribution < 1.29 is 17.6 Å². The molecule has 0 bridgehead atoms. The predicted octanol–water partition coefficient (Wildman–Crippen LogP) is 4.61. The lowest BCUT2D eigenvalue weighted by molar-refractivity contribution is -0.00937. The number of nitrogens with zero attached hydrogens (tertiary/aromatic N) is 6. The van der Waals surface area contributed by atoms with Crippen LogP contribution in [0, 0.1) is 6.92 Å². The van der Waals surface area contributed by atoms with Crippen LogP contribution in [0.2, 0.25) is 0 Å². The number of oxazole rings is 2. The van der Waals surface area contributed by atoms with Crippen molar-refractivity contribution in [2.24, 2.45) is 7.05 Å². The van der Waals surface area contributed by atoms with E-state index in [0.29, 0.717) is 22.7 Å². The Morgan fingerprint density at radius 1 is 1.15 bits per heavy atom. The first-order chi connectivity index (χ1) is 16.3. The first-order valence-electron chi connectivity index (χ1n) is 11.2. The standard InChI is InChI=1S/C23H26F2N6O2S/c1-14-19(32-13-26-14)20-28-29-22(30(20)3)34-10-4-7-31-8-5-15-11-17-18(12-16(15)6-9-31)33-21(27-17)23(2,24)25/h11-13H,4-10H2,1-3H3. The van der Waals surface area contributed by atoms with E-state index in [2.05, 4.69) is 25.1 Å². The number of hydrogen-bond donors (Lipinski definition) is 0. The molecule has 1 aliphatic heterocycles. The summed E-state index contributed by atoms with van der Waals surface area (Å²) >= 11 is 1.68. The largest absolute Gasteiger partial charge is 0.440 e. The van der Waals surface area contributed by atoms with E-state index < -0.39 is 11.8 Å². The molecule has 3 aromatic heterocycles. The Kier molecular flexibility index (Phi) is 6.15. The minimum atomic E-state index is -3.08. The molecule has 4 aromatic rings. The molecule has 5 rings (SSSR count). The Balaban J connectivity index is 1.15. The van der Waals surface area contributed by atoms with E-state index in [1.54, 1.807) is 11.8 Å². The van der Waals surface area contributed by atoms with Crippen LogP contribution in [-0.2, 0) is 25.8 Å². The van der Waals surface area contributed by atoms with E-state index in [4.69, 9.17) is 8.83 Å². The zero-order valence-electron chi connectivity index (χ0n) is 19.3. The molecule has 180 valence electrons. The summed E-state index contributed by atoms with van der Waals surface area (Å²) in [4.78, 5) is 10.6. The first kappa shape index (κ1) is 23.0. The summed E-state index contributed by atoms with van der Waals surface area (Å²) in [6.45, 7) is 5.52. The van der Waals surface area contributed by atoms with Crippen molar-refractivity contribution in [1.29, 1.82) is 0 Å². The number of rotatable bonds is 7. The smallest absolute Gasteiger partial charge is 0.319 e. The van der Waals surface area contributed by atoms with Gasteiger partial charge in [0.1, 0.15) is 5.52 Å². The van der Waals surface area contributed by atoms with Gasteiger partial charge in [-0.05, 0) is 56.0 Å². The van der Waals surface area contributed by atoms with Crippen molar-refractivity contribution in [1.82, 2.24) is 29.6 Å². The molecule has 0 saturated heterocycles. The second kappa shape index (κ2) is 9.10. The third kappa shape index (κ3) is 4.58. The van der Waals surface area contributed by atoms with E-state index >= 15 is 0 Å². The topological polar surface area (TPSA) is 86.0 Å². The van der Waals surface area contributed by atoms with Gasteiger partial charge in [-0.1, -0.05) is 11.8 Å². The van der Waals surface area contributed by atoms with Gasteiger partial charge in [0.05, 0.1) is 5.69 Å². The van der Waals surface area contributed by atoms with E-state index in [-0.39, 0.29) is 0 Å². The normalized spacial score (nSPS) is 15.1. The lowest BCUT2D eigenvalue weighted by atomic mass is 10.0. The van der Waals surface area contributed by atoms with Crippen LogP contribution in [0.25, 0.3) is 22.7 Å². The zero-order chi connectivity index (χ0) is 23.9. The van der Waals surface area contributed by atoms with Gasteiger partial charge in [-0.2, -0.15) is 8.78 Å². The van der Waals surface area contributed by atoms with Gasteiger partial charge in [0, 0.05) is 32.8 Å². The van der Waals surface area contributed by atoms with Crippen LogP contribution in [0.3, 0.4) is 0 Å². The van der Waals surface area contributed by atoms with E-state index in [1.807, 2.05) is 30.7 Å². The highest BCUT2D eigenvalue weighted by Gasteiger charge is 2.31. The Morgan fingerprint density at radius 3 is 2.62 bits per heavy atom. The van der Waals surface area contributed by atoms with Crippen molar-refractivity contribution >= 4 is 22.9 Å². The molecule has 0 saturated carbocycles. The molecule has 0 spiro atoms. The van der Waals surface area contributed by atoms with Crippen molar-refractivity contribution in [3.05, 3.63) is 41.2 Å². The monoisotopic (exact) mass is 488 g/mol. The summed E-state index contributed by atoms with van der Waals surface area (Å²) in [5, 5.41) is 9.40. The summed E-state index contributed by atoms with van der Waals surface area (Å²) < 4.78 is 39.8. The maximum absolute atomic E-state index is 13.6. The Hall–Kier alpha value is -2.79. The van der Waals surface area contributed by atoms with Crippen LogP contribution in [0.15, 0.2) is 32.5 Å². The Labute approximate surface area is 199 Å². The highest BCUT2D eigenvalue weighted by molar-refractivity contribution is 7.99. The molecule has 0 unspecified atom stereocenters. The Bertz CT molecular complexity index is 1260. The van der Waals surface area contributed by atoms with Crippen LogP contribution in [0.4, 0.5) is 8.78 Å². The van der Waals surface area contributed by atoms with Crippen LogP contribution >= 0.6 is 11.8 Å². The molecule has 0 amide bonds. The summed E-state index contributed by atoms with van der Waals surface area (Å²) in [6.07, 6.45) is 4.16. The van der Waals surface area contributed by atoms with Gasteiger partial charge < -0.3 is 18.3 Å². The number of thioether (sulfide) groups is 1. The fraction of sp³-hybridized carbons (Fsp3) is 0.478. The molecular weight excluding hydrogens is 462 g/mol. The number of fused-ring (bicyclic) bond motifs is 2. The summed E-state index contributed by atoms with van der Waals surface area (Å²) in [5.74, 6) is -1.35. The molecule has 0 N–H and O–H groups in total. The third-order valence-corrected chi connectivity index (χ3v) is 7.22. The molecule has 1 aromatic carbocycles. The van der Waals surface area contributed by atoms with Gasteiger partial charge in [0.15, 0.2) is 22.9 Å². The second-order valence-corrected chi connectivity index (χ2v) is 9.73. The van der Waals surface area contributed by atoms with Gasteiger partial charge in [0.25, 0.3) is 5.89 Å². The molecule has 34 heavy (non-hydrogen) atoms. The maximum Gasteiger partial charge on any atom is 0.319 e. The van der Waals surface area contributed by atoms with E-state index in [0.717, 1.165) is 73.6 Å². The Morgan fingerprint density at radius 2 is 1.91 bits per heavy atom. The van der Waals surface area contributed by atoms with Crippen LogP contribution in [0.5, 0.6) is 0 Å². The predicted molar refractivity (Wildman–Crippen MR) is 124 cm³/mol. The quantitative estimate of drug-likeness (QED) is 0.275. The van der Waals surface area contributed by atoms with Crippen molar-refractivity contribution in [3.63, 3.8) is 0 Å². The molecule has 4 heterocycles. The lowest BCUT2D eigenvalue weighted by Crippen LogP contribution is -2.27. The number of hydrogen-bond acceptors (Lipinski definition) is 8. The molecule has 0 radical (unpaired) electrons. The van der Waals surface area contributed by atoms with Crippen molar-refractivity contribution in [3.8, 4) is 11.6 Å². The average molecular weight is 489 g/mol. The number of aromatic nitrogens is 5. The van der Waals surface area contributed by atoms with Crippen LogP contribution < -0.4 is 0 Å². The SMILES string of the molecule is Cc1ncoc1-c1nnc(SCCCN2CCc3cc4nc(C(C)(F)F)oc4cc3CC2)n1C. The number of halogens is 2. The van der Waals surface area contributed by atoms with Crippen LogP contribution in [0.1, 0.15) is 36.1 Å². The van der Waals surface area contributed by atoms with Gasteiger partial charge in [-0.3, -0.25) is 0 Å². The molecule has 0 aliphatic carbocycles. The fourth-order valence-electron chi connectivity index (χ4n) is 4.21. The molecule has 0 fully saturated rings. The molecule has 11 heteroatoms.